The lowest BCUT2D eigenvalue weighted by molar-refractivity contribution is 0.163. The molecule has 0 aromatic heterocycles. The van der Waals surface area contributed by atoms with Crippen molar-refractivity contribution in [2.45, 2.75) is 32.4 Å². The lowest BCUT2D eigenvalue weighted by Gasteiger charge is -2.23. The van der Waals surface area contributed by atoms with E-state index in [0.29, 0.717) is 12.1 Å². The van der Waals surface area contributed by atoms with Crippen LogP contribution in [0.2, 0.25) is 5.02 Å². The molecule has 0 bridgehead atoms. The summed E-state index contributed by atoms with van der Waals surface area (Å²) in [5.41, 5.74) is 0.466. The molecule has 0 saturated carbocycles. The number of nitrogens with one attached hydrogen (secondary N) is 1. The van der Waals surface area contributed by atoms with Crippen molar-refractivity contribution in [2.75, 3.05) is 6.54 Å². The number of hydrogen-bond acceptors (Lipinski definition) is 2. The first-order chi connectivity index (χ1) is 7.29. The van der Waals surface area contributed by atoms with Crippen molar-refractivity contribution in [3.63, 3.8) is 0 Å². The van der Waals surface area contributed by atoms with Crippen molar-refractivity contribution >= 4 is 11.6 Å². The first kappa shape index (κ1) is 13.4. The molecule has 0 aliphatic carbocycles. The lowest BCUT2D eigenvalue weighted by atomic mass is 10.1. The number of β-amino-alcohol motifs (C(OH)–C–C–N with tert-alkyl or cyclic N) is 1. The summed E-state index contributed by atoms with van der Waals surface area (Å²) in [6.07, 6.45) is -0.729. The molecule has 0 radical (unpaired) electrons. The van der Waals surface area contributed by atoms with Gasteiger partial charge in [-0.25, -0.2) is 4.39 Å². The summed E-state index contributed by atoms with van der Waals surface area (Å²) in [4.78, 5) is 0. The van der Waals surface area contributed by atoms with Gasteiger partial charge in [0.1, 0.15) is 5.82 Å². The molecular formula is C12H17ClFNO. The SMILES string of the molecule is CC(C)(C)NCC(O)c1ccc(F)cc1Cl. The Bertz CT molecular complexity index is 363. The van der Waals surface area contributed by atoms with Gasteiger partial charge in [-0.1, -0.05) is 17.7 Å². The third-order valence-electron chi connectivity index (χ3n) is 2.15. The van der Waals surface area contributed by atoms with E-state index in [4.69, 9.17) is 11.6 Å². The zero-order valence-electron chi connectivity index (χ0n) is 9.72. The Balaban J connectivity index is 2.70. The van der Waals surface area contributed by atoms with Gasteiger partial charge in [-0.05, 0) is 32.9 Å². The van der Waals surface area contributed by atoms with Gasteiger partial charge in [-0.15, -0.1) is 0 Å². The summed E-state index contributed by atoms with van der Waals surface area (Å²) in [6, 6.07) is 4.01. The molecule has 0 heterocycles. The molecule has 1 aromatic rings. The highest BCUT2D eigenvalue weighted by Crippen LogP contribution is 2.23. The molecule has 90 valence electrons. The average molecular weight is 246 g/mol. The number of halogens is 2. The van der Waals surface area contributed by atoms with E-state index < -0.39 is 11.9 Å². The first-order valence-electron chi connectivity index (χ1n) is 5.17. The molecule has 0 spiro atoms. The zero-order chi connectivity index (χ0) is 12.3. The van der Waals surface area contributed by atoms with Gasteiger partial charge < -0.3 is 10.4 Å². The third-order valence-corrected chi connectivity index (χ3v) is 2.47. The summed E-state index contributed by atoms with van der Waals surface area (Å²) in [7, 11) is 0. The molecule has 1 rings (SSSR count). The number of aliphatic hydroxyl groups is 1. The maximum Gasteiger partial charge on any atom is 0.124 e. The van der Waals surface area contributed by atoms with Crippen molar-refractivity contribution in [2.24, 2.45) is 0 Å². The third kappa shape index (κ3) is 4.08. The van der Waals surface area contributed by atoms with Crippen LogP contribution in [0.3, 0.4) is 0 Å². The fraction of sp³-hybridized carbons (Fsp3) is 0.500. The minimum absolute atomic E-state index is 0.0759. The predicted molar refractivity (Wildman–Crippen MR) is 64.1 cm³/mol. The monoisotopic (exact) mass is 245 g/mol. The van der Waals surface area contributed by atoms with Crippen LogP contribution >= 0.6 is 11.6 Å². The van der Waals surface area contributed by atoms with Gasteiger partial charge in [0.05, 0.1) is 6.10 Å². The van der Waals surface area contributed by atoms with Crippen LogP contribution in [-0.4, -0.2) is 17.2 Å². The quantitative estimate of drug-likeness (QED) is 0.858. The Morgan fingerprint density at radius 2 is 2.06 bits per heavy atom. The van der Waals surface area contributed by atoms with E-state index in [1.807, 2.05) is 20.8 Å². The van der Waals surface area contributed by atoms with E-state index in [1.165, 1.54) is 18.2 Å². The molecule has 0 aliphatic rings. The Hall–Kier alpha value is -0.640. The molecule has 0 amide bonds. The van der Waals surface area contributed by atoms with Crippen molar-refractivity contribution < 1.29 is 9.50 Å². The summed E-state index contributed by atoms with van der Waals surface area (Å²) in [6.45, 7) is 6.40. The molecule has 16 heavy (non-hydrogen) atoms. The van der Waals surface area contributed by atoms with E-state index in [9.17, 15) is 9.50 Å². The minimum Gasteiger partial charge on any atom is -0.387 e. The number of rotatable bonds is 3. The summed E-state index contributed by atoms with van der Waals surface area (Å²) in [5, 5.41) is 13.3. The highest BCUT2D eigenvalue weighted by Gasteiger charge is 2.15. The molecular weight excluding hydrogens is 229 g/mol. The summed E-state index contributed by atoms with van der Waals surface area (Å²) < 4.78 is 12.8. The van der Waals surface area contributed by atoms with E-state index in [0.717, 1.165) is 0 Å². The normalized spacial score (nSPS) is 13.9. The first-order valence-corrected chi connectivity index (χ1v) is 5.55. The van der Waals surface area contributed by atoms with Crippen LogP contribution in [0.5, 0.6) is 0 Å². The van der Waals surface area contributed by atoms with E-state index >= 15 is 0 Å². The second kappa shape index (κ2) is 5.13. The fourth-order valence-corrected chi connectivity index (χ4v) is 1.58. The van der Waals surface area contributed by atoms with Crippen LogP contribution in [-0.2, 0) is 0 Å². The van der Waals surface area contributed by atoms with Gasteiger partial charge in [0.15, 0.2) is 0 Å². The largest absolute Gasteiger partial charge is 0.387 e. The van der Waals surface area contributed by atoms with Gasteiger partial charge in [0.25, 0.3) is 0 Å². The van der Waals surface area contributed by atoms with Gasteiger partial charge in [-0.2, -0.15) is 0 Å². The van der Waals surface area contributed by atoms with Crippen LogP contribution in [0.15, 0.2) is 18.2 Å². The van der Waals surface area contributed by atoms with Crippen LogP contribution in [0.1, 0.15) is 32.4 Å². The molecule has 0 fully saturated rings. The van der Waals surface area contributed by atoms with Gasteiger partial charge >= 0.3 is 0 Å². The molecule has 2 N–H and O–H groups in total. The van der Waals surface area contributed by atoms with E-state index in [-0.39, 0.29) is 10.6 Å². The molecule has 1 unspecified atom stereocenters. The topological polar surface area (TPSA) is 32.3 Å². The molecule has 0 aliphatic heterocycles. The Morgan fingerprint density at radius 1 is 1.44 bits per heavy atom. The predicted octanol–water partition coefficient (Wildman–Crippen LogP) is 2.90. The maximum atomic E-state index is 12.8. The van der Waals surface area contributed by atoms with Crippen molar-refractivity contribution in [1.82, 2.24) is 5.32 Å². The van der Waals surface area contributed by atoms with Gasteiger partial charge in [0.2, 0.25) is 0 Å². The van der Waals surface area contributed by atoms with Crippen LogP contribution in [0, 0.1) is 5.82 Å². The standard InChI is InChI=1S/C12H17ClFNO/c1-12(2,3)15-7-11(16)9-5-4-8(14)6-10(9)13/h4-6,11,15-16H,7H2,1-3H3. The van der Waals surface area contributed by atoms with Crippen LogP contribution in [0.4, 0.5) is 4.39 Å². The highest BCUT2D eigenvalue weighted by molar-refractivity contribution is 6.31. The second-order valence-electron chi connectivity index (χ2n) is 4.81. The molecule has 1 atom stereocenters. The lowest BCUT2D eigenvalue weighted by Crippen LogP contribution is -2.38. The average Bonchev–Trinajstić information content (AvgIpc) is 2.13. The number of aliphatic hydroxyl groups excluding tert-OH is 1. The van der Waals surface area contributed by atoms with Crippen molar-refractivity contribution in [3.05, 3.63) is 34.6 Å². The van der Waals surface area contributed by atoms with E-state index in [1.54, 1.807) is 0 Å². The smallest absolute Gasteiger partial charge is 0.124 e. The van der Waals surface area contributed by atoms with Crippen molar-refractivity contribution in [1.29, 1.82) is 0 Å². The van der Waals surface area contributed by atoms with Gasteiger partial charge in [-0.3, -0.25) is 0 Å². The molecule has 0 saturated heterocycles. The zero-order valence-corrected chi connectivity index (χ0v) is 10.5. The number of benzene rings is 1. The molecule has 4 heteroatoms. The second-order valence-corrected chi connectivity index (χ2v) is 5.22. The maximum absolute atomic E-state index is 12.8. The summed E-state index contributed by atoms with van der Waals surface area (Å²) >= 11 is 5.85. The van der Waals surface area contributed by atoms with Crippen molar-refractivity contribution in [3.8, 4) is 0 Å². The fourth-order valence-electron chi connectivity index (χ4n) is 1.28. The molecule has 2 nitrogen and oxygen atoms in total. The Kier molecular flexibility index (Phi) is 4.30. The Morgan fingerprint density at radius 3 is 2.56 bits per heavy atom. The van der Waals surface area contributed by atoms with Crippen LogP contribution < -0.4 is 5.32 Å². The highest BCUT2D eigenvalue weighted by atomic mass is 35.5. The number of hydrogen-bond donors (Lipinski definition) is 2. The molecule has 1 aromatic carbocycles. The summed E-state index contributed by atoms with van der Waals surface area (Å²) in [5.74, 6) is -0.398. The van der Waals surface area contributed by atoms with Crippen LogP contribution in [0.25, 0.3) is 0 Å². The van der Waals surface area contributed by atoms with E-state index in [2.05, 4.69) is 5.32 Å². The Labute approximate surface area is 100 Å². The minimum atomic E-state index is -0.729. The van der Waals surface area contributed by atoms with Gasteiger partial charge in [0, 0.05) is 22.7 Å².